The lowest BCUT2D eigenvalue weighted by atomic mass is 9.73. The van der Waals surface area contributed by atoms with Crippen LogP contribution in [-0.2, 0) is 10.2 Å². The molecule has 0 N–H and O–H groups in total. The molecular weight excluding hydrogens is 230 g/mol. The van der Waals surface area contributed by atoms with Gasteiger partial charge in [0.05, 0.1) is 19.3 Å². The molecular formula is C14H15NO3. The van der Waals surface area contributed by atoms with Crippen LogP contribution in [-0.4, -0.2) is 20.0 Å². The Labute approximate surface area is 106 Å². The van der Waals surface area contributed by atoms with Crippen molar-refractivity contribution in [2.75, 3.05) is 20.0 Å². The molecule has 0 aliphatic carbocycles. The van der Waals surface area contributed by atoms with E-state index in [1.807, 2.05) is 6.07 Å². The van der Waals surface area contributed by atoms with E-state index in [9.17, 15) is 0 Å². The number of hydrogen-bond donors (Lipinski definition) is 0. The molecule has 4 nitrogen and oxygen atoms in total. The van der Waals surface area contributed by atoms with Gasteiger partial charge in [0, 0.05) is 11.8 Å². The molecule has 2 heterocycles. The summed E-state index contributed by atoms with van der Waals surface area (Å²) in [6, 6.07) is 6.29. The first-order chi connectivity index (χ1) is 8.75. The molecule has 1 saturated heterocycles. The van der Waals surface area contributed by atoms with E-state index in [2.05, 4.69) is 19.1 Å². The molecule has 0 atom stereocenters. The lowest BCUT2D eigenvalue weighted by molar-refractivity contribution is -0.0640. The Kier molecular flexibility index (Phi) is 2.64. The maximum atomic E-state index is 8.78. The van der Waals surface area contributed by atoms with Crippen LogP contribution in [0.3, 0.4) is 0 Å². The molecule has 2 aliphatic heterocycles. The summed E-state index contributed by atoms with van der Waals surface area (Å²) in [5.41, 5.74) is 2.40. The molecule has 0 amide bonds. The highest BCUT2D eigenvalue weighted by Gasteiger charge is 2.41. The molecule has 18 heavy (non-hydrogen) atoms. The zero-order valence-corrected chi connectivity index (χ0v) is 10.4. The predicted molar refractivity (Wildman–Crippen MR) is 64.6 cm³/mol. The van der Waals surface area contributed by atoms with Crippen LogP contribution in [0.2, 0.25) is 0 Å². The van der Waals surface area contributed by atoms with Crippen LogP contribution in [0.5, 0.6) is 11.5 Å². The normalized spacial score (nSPS) is 19.1. The number of benzene rings is 1. The number of rotatable bonds is 3. The van der Waals surface area contributed by atoms with Gasteiger partial charge >= 0.3 is 0 Å². The highest BCUT2D eigenvalue weighted by atomic mass is 16.7. The quantitative estimate of drug-likeness (QED) is 0.819. The van der Waals surface area contributed by atoms with Crippen LogP contribution in [0.4, 0.5) is 0 Å². The van der Waals surface area contributed by atoms with Gasteiger partial charge in [-0.2, -0.15) is 5.26 Å². The number of nitrogens with zero attached hydrogens (tertiary/aromatic N) is 1. The highest BCUT2D eigenvalue weighted by Crippen LogP contribution is 2.43. The summed E-state index contributed by atoms with van der Waals surface area (Å²) in [6.07, 6.45) is 1.39. The van der Waals surface area contributed by atoms with Gasteiger partial charge in [0.15, 0.2) is 11.5 Å². The number of ether oxygens (including phenoxy) is 3. The zero-order chi connectivity index (χ0) is 12.6. The topological polar surface area (TPSA) is 51.5 Å². The van der Waals surface area contributed by atoms with E-state index >= 15 is 0 Å². The fourth-order valence-corrected chi connectivity index (χ4v) is 2.69. The lowest BCUT2D eigenvalue weighted by Crippen LogP contribution is -2.47. The van der Waals surface area contributed by atoms with E-state index in [0.29, 0.717) is 26.4 Å². The summed E-state index contributed by atoms with van der Waals surface area (Å²) >= 11 is 0. The van der Waals surface area contributed by atoms with Gasteiger partial charge in [0.25, 0.3) is 0 Å². The van der Waals surface area contributed by atoms with Gasteiger partial charge in [-0.25, -0.2) is 0 Å². The molecule has 0 aromatic heterocycles. The van der Waals surface area contributed by atoms with Gasteiger partial charge < -0.3 is 14.2 Å². The molecule has 3 rings (SSSR count). The fourth-order valence-electron chi connectivity index (χ4n) is 2.69. The number of hydrogen-bond acceptors (Lipinski definition) is 4. The molecule has 0 spiro atoms. The summed E-state index contributed by atoms with van der Waals surface area (Å²) in [5.74, 6) is 1.62. The molecule has 0 saturated carbocycles. The molecule has 4 heteroatoms. The average Bonchev–Trinajstić information content (AvgIpc) is 2.75. The van der Waals surface area contributed by atoms with Gasteiger partial charge in [-0.15, -0.1) is 0 Å². The Bertz CT molecular complexity index is 515. The third-order valence-corrected chi connectivity index (χ3v) is 3.76. The summed E-state index contributed by atoms with van der Waals surface area (Å²) in [4.78, 5) is 0. The van der Waals surface area contributed by atoms with Crippen LogP contribution >= 0.6 is 0 Å². The van der Waals surface area contributed by atoms with Crippen molar-refractivity contribution in [1.29, 1.82) is 5.26 Å². The first kappa shape index (κ1) is 11.4. The van der Waals surface area contributed by atoms with Crippen molar-refractivity contribution in [2.24, 2.45) is 0 Å². The Morgan fingerprint density at radius 3 is 2.61 bits per heavy atom. The van der Waals surface area contributed by atoms with Crippen LogP contribution < -0.4 is 9.47 Å². The second-order valence-corrected chi connectivity index (χ2v) is 4.95. The third-order valence-electron chi connectivity index (χ3n) is 3.76. The van der Waals surface area contributed by atoms with E-state index in [1.165, 1.54) is 11.1 Å². The van der Waals surface area contributed by atoms with E-state index in [4.69, 9.17) is 19.5 Å². The van der Waals surface area contributed by atoms with E-state index in [0.717, 1.165) is 17.9 Å². The molecule has 1 fully saturated rings. The van der Waals surface area contributed by atoms with Crippen molar-refractivity contribution >= 4 is 0 Å². The van der Waals surface area contributed by atoms with Gasteiger partial charge in [0.1, 0.15) is 0 Å². The minimum atomic E-state index is -0.0131. The molecule has 1 aromatic rings. The Balaban J connectivity index is 1.98. The van der Waals surface area contributed by atoms with Crippen molar-refractivity contribution in [3.05, 3.63) is 23.3 Å². The van der Waals surface area contributed by atoms with Gasteiger partial charge in [-0.3, -0.25) is 0 Å². The van der Waals surface area contributed by atoms with Crippen molar-refractivity contribution in [1.82, 2.24) is 0 Å². The first-order valence-electron chi connectivity index (χ1n) is 6.11. The zero-order valence-electron chi connectivity index (χ0n) is 10.4. The summed E-state index contributed by atoms with van der Waals surface area (Å²) in [7, 11) is 0. The van der Waals surface area contributed by atoms with Crippen LogP contribution in [0.1, 0.15) is 24.0 Å². The molecule has 1 aromatic carbocycles. The van der Waals surface area contributed by atoms with Gasteiger partial charge in [-0.05, 0) is 36.6 Å². The molecule has 94 valence electrons. The van der Waals surface area contributed by atoms with Gasteiger partial charge in [0.2, 0.25) is 6.79 Å². The Hall–Kier alpha value is -1.73. The Morgan fingerprint density at radius 1 is 1.28 bits per heavy atom. The van der Waals surface area contributed by atoms with Crippen molar-refractivity contribution in [2.45, 2.75) is 25.2 Å². The number of aryl methyl sites for hydroxylation is 1. The standard InChI is InChI=1S/C14H15NO3/c1-10-5-12-13(18-9-17-12)6-11(10)14(3-2-4-15)7-16-8-14/h5-6H,2-3,7-9H2,1H3. The second-order valence-electron chi connectivity index (χ2n) is 4.95. The lowest BCUT2D eigenvalue weighted by Gasteiger charge is -2.42. The van der Waals surface area contributed by atoms with E-state index in [1.54, 1.807) is 0 Å². The fraction of sp³-hybridized carbons (Fsp3) is 0.500. The highest BCUT2D eigenvalue weighted by molar-refractivity contribution is 5.51. The van der Waals surface area contributed by atoms with Gasteiger partial charge in [-0.1, -0.05) is 0 Å². The average molecular weight is 245 g/mol. The smallest absolute Gasteiger partial charge is 0.231 e. The summed E-state index contributed by atoms with van der Waals surface area (Å²) < 4.78 is 16.2. The summed E-state index contributed by atoms with van der Waals surface area (Å²) in [5, 5.41) is 8.78. The van der Waals surface area contributed by atoms with Crippen molar-refractivity contribution in [3.8, 4) is 17.6 Å². The predicted octanol–water partition coefficient (Wildman–Crippen LogP) is 2.30. The third kappa shape index (κ3) is 1.63. The van der Waals surface area contributed by atoms with Crippen LogP contribution in [0.25, 0.3) is 0 Å². The van der Waals surface area contributed by atoms with Crippen LogP contribution in [0, 0.1) is 18.3 Å². The largest absolute Gasteiger partial charge is 0.454 e. The molecule has 0 unspecified atom stereocenters. The maximum Gasteiger partial charge on any atom is 0.231 e. The van der Waals surface area contributed by atoms with Crippen molar-refractivity contribution in [3.63, 3.8) is 0 Å². The first-order valence-corrected chi connectivity index (χ1v) is 6.11. The van der Waals surface area contributed by atoms with Crippen molar-refractivity contribution < 1.29 is 14.2 Å². The maximum absolute atomic E-state index is 8.78. The minimum absolute atomic E-state index is 0.0131. The number of nitriles is 1. The second kappa shape index (κ2) is 4.18. The number of fused-ring (bicyclic) bond motifs is 1. The van der Waals surface area contributed by atoms with E-state index < -0.39 is 0 Å². The molecule has 2 aliphatic rings. The molecule has 0 bridgehead atoms. The Morgan fingerprint density at radius 2 is 2.00 bits per heavy atom. The molecule has 0 radical (unpaired) electrons. The SMILES string of the molecule is Cc1cc2c(cc1C1(CCC#N)COC1)OCO2. The minimum Gasteiger partial charge on any atom is -0.454 e. The van der Waals surface area contributed by atoms with Crippen LogP contribution in [0.15, 0.2) is 12.1 Å². The summed E-state index contributed by atoms with van der Waals surface area (Å²) in [6.45, 7) is 3.74. The van der Waals surface area contributed by atoms with E-state index in [-0.39, 0.29) is 5.41 Å². The monoisotopic (exact) mass is 245 g/mol.